The van der Waals surface area contributed by atoms with Crippen LogP contribution in [0.5, 0.6) is 0 Å². The highest BCUT2D eigenvalue weighted by atomic mass is 16.5. The van der Waals surface area contributed by atoms with Crippen molar-refractivity contribution in [3.63, 3.8) is 0 Å². The molecule has 0 saturated heterocycles. The molecule has 0 atom stereocenters. The van der Waals surface area contributed by atoms with Crippen LogP contribution in [-0.4, -0.2) is 26.8 Å². The second-order valence-electron chi connectivity index (χ2n) is 7.73. The summed E-state index contributed by atoms with van der Waals surface area (Å²) in [6.45, 7) is 5.07. The second kappa shape index (κ2) is 23.9. The monoisotopic (exact) mass is 355 g/mol. The lowest BCUT2D eigenvalue weighted by molar-refractivity contribution is 0.133. The highest BCUT2D eigenvalue weighted by molar-refractivity contribution is 4.50. The average molecular weight is 356 g/mol. The van der Waals surface area contributed by atoms with Crippen LogP contribution in [0, 0.1) is 0 Å². The lowest BCUT2D eigenvalue weighted by Gasteiger charge is -2.04. The van der Waals surface area contributed by atoms with E-state index in [1.807, 2.05) is 7.05 Å². The van der Waals surface area contributed by atoms with Gasteiger partial charge in [-0.25, -0.2) is 0 Å². The molecule has 0 aliphatic carbocycles. The van der Waals surface area contributed by atoms with E-state index in [0.717, 1.165) is 19.8 Å². The molecule has 0 rings (SSSR count). The molecular formula is C23H49NO. The quantitative estimate of drug-likeness (QED) is 0.206. The van der Waals surface area contributed by atoms with Gasteiger partial charge in [-0.05, 0) is 13.5 Å². The highest BCUT2D eigenvalue weighted by Gasteiger charge is 1.95. The number of rotatable bonds is 22. The fourth-order valence-electron chi connectivity index (χ4n) is 3.38. The van der Waals surface area contributed by atoms with Crippen LogP contribution in [-0.2, 0) is 4.74 Å². The minimum absolute atomic E-state index is 0.857. The van der Waals surface area contributed by atoms with Crippen molar-refractivity contribution in [2.45, 2.75) is 122 Å². The molecule has 0 aromatic heterocycles. The summed E-state index contributed by atoms with van der Waals surface area (Å²) in [5.41, 5.74) is 0. The SMILES string of the molecule is CCCCCCCCCCCCCCCCCCCCOCCNC. The number of nitrogens with one attached hydrogen (secondary N) is 1. The number of hydrogen-bond donors (Lipinski definition) is 1. The van der Waals surface area contributed by atoms with Crippen LogP contribution in [0.15, 0.2) is 0 Å². The Labute approximate surface area is 159 Å². The van der Waals surface area contributed by atoms with Crippen molar-refractivity contribution in [3.8, 4) is 0 Å². The van der Waals surface area contributed by atoms with Crippen LogP contribution in [0.4, 0.5) is 0 Å². The van der Waals surface area contributed by atoms with Crippen molar-refractivity contribution < 1.29 is 4.74 Å². The van der Waals surface area contributed by atoms with E-state index >= 15 is 0 Å². The molecule has 0 aliphatic heterocycles. The summed E-state index contributed by atoms with van der Waals surface area (Å²) in [5, 5.41) is 3.10. The van der Waals surface area contributed by atoms with Crippen molar-refractivity contribution in [3.05, 3.63) is 0 Å². The molecule has 0 radical (unpaired) electrons. The molecule has 1 N–H and O–H groups in total. The van der Waals surface area contributed by atoms with Gasteiger partial charge in [0.2, 0.25) is 0 Å². The zero-order chi connectivity index (χ0) is 18.3. The summed E-state index contributed by atoms with van der Waals surface area (Å²) in [7, 11) is 1.97. The van der Waals surface area contributed by atoms with Gasteiger partial charge in [0.15, 0.2) is 0 Å². The van der Waals surface area contributed by atoms with Crippen molar-refractivity contribution in [1.29, 1.82) is 0 Å². The number of unbranched alkanes of at least 4 members (excludes halogenated alkanes) is 17. The fourth-order valence-corrected chi connectivity index (χ4v) is 3.38. The fraction of sp³-hybridized carbons (Fsp3) is 1.00. The van der Waals surface area contributed by atoms with Crippen molar-refractivity contribution in [2.75, 3.05) is 26.8 Å². The Morgan fingerprint density at radius 2 is 0.840 bits per heavy atom. The van der Waals surface area contributed by atoms with Crippen molar-refractivity contribution in [2.24, 2.45) is 0 Å². The van der Waals surface area contributed by atoms with Gasteiger partial charge in [0.1, 0.15) is 0 Å². The van der Waals surface area contributed by atoms with Crippen LogP contribution in [0.25, 0.3) is 0 Å². The zero-order valence-corrected chi connectivity index (χ0v) is 17.8. The third-order valence-electron chi connectivity index (χ3n) is 5.14. The first-order valence-corrected chi connectivity index (χ1v) is 11.6. The Morgan fingerprint density at radius 3 is 1.20 bits per heavy atom. The molecule has 0 saturated carbocycles. The summed E-state index contributed by atoms with van der Waals surface area (Å²) in [6.07, 6.45) is 25.8. The zero-order valence-electron chi connectivity index (χ0n) is 17.8. The normalized spacial score (nSPS) is 11.3. The van der Waals surface area contributed by atoms with Gasteiger partial charge in [-0.15, -0.1) is 0 Å². The highest BCUT2D eigenvalue weighted by Crippen LogP contribution is 2.14. The molecule has 0 aromatic carbocycles. The molecule has 25 heavy (non-hydrogen) atoms. The topological polar surface area (TPSA) is 21.3 Å². The maximum atomic E-state index is 5.54. The van der Waals surface area contributed by atoms with Gasteiger partial charge in [-0.1, -0.05) is 116 Å². The van der Waals surface area contributed by atoms with Gasteiger partial charge < -0.3 is 10.1 Å². The minimum atomic E-state index is 0.857. The molecule has 0 aromatic rings. The summed E-state index contributed by atoms with van der Waals surface area (Å²) in [6, 6.07) is 0. The average Bonchev–Trinajstić information content (AvgIpc) is 2.63. The Kier molecular flexibility index (Phi) is 23.8. The van der Waals surface area contributed by atoms with Gasteiger partial charge in [0.05, 0.1) is 6.61 Å². The van der Waals surface area contributed by atoms with Gasteiger partial charge in [-0.3, -0.25) is 0 Å². The van der Waals surface area contributed by atoms with Crippen LogP contribution in [0.3, 0.4) is 0 Å². The van der Waals surface area contributed by atoms with Gasteiger partial charge in [0, 0.05) is 13.2 Å². The summed E-state index contributed by atoms with van der Waals surface area (Å²) in [5.74, 6) is 0. The third kappa shape index (κ3) is 23.9. The smallest absolute Gasteiger partial charge is 0.0590 e. The summed E-state index contributed by atoms with van der Waals surface area (Å²) in [4.78, 5) is 0. The van der Waals surface area contributed by atoms with E-state index in [2.05, 4.69) is 12.2 Å². The Morgan fingerprint density at radius 1 is 0.480 bits per heavy atom. The molecule has 0 unspecified atom stereocenters. The second-order valence-corrected chi connectivity index (χ2v) is 7.73. The van der Waals surface area contributed by atoms with Crippen LogP contribution in [0.2, 0.25) is 0 Å². The molecule has 2 heteroatoms. The van der Waals surface area contributed by atoms with Crippen molar-refractivity contribution >= 4 is 0 Å². The van der Waals surface area contributed by atoms with Crippen LogP contribution >= 0.6 is 0 Å². The maximum Gasteiger partial charge on any atom is 0.0590 e. The molecule has 2 nitrogen and oxygen atoms in total. The Hall–Kier alpha value is -0.0800. The standard InChI is InChI=1S/C23H49NO/c1-3-4-5-6-7-8-9-10-11-12-13-14-15-16-17-18-19-20-22-25-23-21-24-2/h24H,3-23H2,1-2H3. The van der Waals surface area contributed by atoms with Crippen LogP contribution in [0.1, 0.15) is 122 Å². The molecule has 0 bridgehead atoms. The third-order valence-corrected chi connectivity index (χ3v) is 5.14. The van der Waals surface area contributed by atoms with Crippen LogP contribution < -0.4 is 5.32 Å². The van der Waals surface area contributed by atoms with E-state index < -0.39 is 0 Å². The maximum absolute atomic E-state index is 5.54. The molecule has 0 spiro atoms. The largest absolute Gasteiger partial charge is 0.380 e. The minimum Gasteiger partial charge on any atom is -0.380 e. The predicted octanol–water partition coefficient (Wildman–Crippen LogP) is 7.26. The van der Waals surface area contributed by atoms with E-state index in [0.29, 0.717) is 0 Å². The summed E-state index contributed by atoms with van der Waals surface area (Å²) < 4.78 is 5.54. The lowest BCUT2D eigenvalue weighted by atomic mass is 10.0. The molecule has 0 heterocycles. The van der Waals surface area contributed by atoms with E-state index in [9.17, 15) is 0 Å². The Bertz CT molecular complexity index is 198. The first-order chi connectivity index (χ1) is 12.4. The van der Waals surface area contributed by atoms with E-state index in [1.165, 1.54) is 116 Å². The van der Waals surface area contributed by atoms with E-state index in [4.69, 9.17) is 4.74 Å². The number of ether oxygens (including phenoxy) is 1. The summed E-state index contributed by atoms with van der Waals surface area (Å²) >= 11 is 0. The predicted molar refractivity (Wildman–Crippen MR) is 114 cm³/mol. The first-order valence-electron chi connectivity index (χ1n) is 11.6. The molecular weight excluding hydrogens is 306 g/mol. The number of likely N-dealkylation sites (N-methyl/N-ethyl adjacent to an activating group) is 1. The lowest BCUT2D eigenvalue weighted by Crippen LogP contribution is -2.14. The van der Waals surface area contributed by atoms with E-state index in [-0.39, 0.29) is 0 Å². The van der Waals surface area contributed by atoms with Gasteiger partial charge in [-0.2, -0.15) is 0 Å². The van der Waals surface area contributed by atoms with Crippen molar-refractivity contribution in [1.82, 2.24) is 5.32 Å². The molecule has 0 fully saturated rings. The van der Waals surface area contributed by atoms with E-state index in [1.54, 1.807) is 0 Å². The Balaban J connectivity index is 2.94. The molecule has 0 aliphatic rings. The first kappa shape index (κ1) is 24.9. The molecule has 0 amide bonds. The molecule has 152 valence electrons. The van der Waals surface area contributed by atoms with Gasteiger partial charge >= 0.3 is 0 Å². The van der Waals surface area contributed by atoms with Gasteiger partial charge in [0.25, 0.3) is 0 Å². The number of hydrogen-bond acceptors (Lipinski definition) is 2.